The maximum atomic E-state index is 12.6. The zero-order chi connectivity index (χ0) is 21.0. The van der Waals surface area contributed by atoms with Gasteiger partial charge in [-0.1, -0.05) is 6.07 Å². The van der Waals surface area contributed by atoms with Crippen LogP contribution in [0, 0.1) is 0 Å². The van der Waals surface area contributed by atoms with Crippen molar-refractivity contribution < 1.29 is 9.59 Å². The van der Waals surface area contributed by atoms with Gasteiger partial charge in [0.05, 0.1) is 0 Å². The van der Waals surface area contributed by atoms with Gasteiger partial charge in [0.25, 0.3) is 5.91 Å². The second-order valence-corrected chi connectivity index (χ2v) is 7.18. The molecule has 3 aromatic rings. The molecule has 0 radical (unpaired) electrons. The van der Waals surface area contributed by atoms with E-state index in [0.717, 1.165) is 22.3 Å². The number of carbonyl (C=O) groups is 2. The molecule has 0 saturated carbocycles. The van der Waals surface area contributed by atoms with Crippen LogP contribution in [-0.4, -0.2) is 48.5 Å². The molecule has 6 nitrogen and oxygen atoms in total. The van der Waals surface area contributed by atoms with Crippen LogP contribution in [0.4, 0.5) is 11.4 Å². The van der Waals surface area contributed by atoms with E-state index in [1.54, 1.807) is 6.07 Å². The van der Waals surface area contributed by atoms with Crippen LogP contribution in [0.3, 0.4) is 0 Å². The third-order valence-corrected chi connectivity index (χ3v) is 5.08. The van der Waals surface area contributed by atoms with Crippen molar-refractivity contribution in [2.45, 2.75) is 20.4 Å². The van der Waals surface area contributed by atoms with E-state index in [4.69, 9.17) is 0 Å². The van der Waals surface area contributed by atoms with Crippen LogP contribution in [-0.2, 0) is 11.3 Å². The normalized spacial score (nSPS) is 10.8. The Kier molecular flexibility index (Phi) is 6.22. The summed E-state index contributed by atoms with van der Waals surface area (Å²) >= 11 is 0. The average Bonchev–Trinajstić information content (AvgIpc) is 3.11. The first kappa shape index (κ1) is 20.5. The molecule has 0 spiro atoms. The third kappa shape index (κ3) is 4.59. The number of likely N-dealkylation sites (N-methyl/N-ethyl adjacent to an activating group) is 1. The zero-order valence-corrected chi connectivity index (χ0v) is 17.5. The lowest BCUT2D eigenvalue weighted by molar-refractivity contribution is -0.131. The minimum Gasteiger partial charge on any atom is -0.378 e. The highest BCUT2D eigenvalue weighted by molar-refractivity contribution is 6.05. The summed E-state index contributed by atoms with van der Waals surface area (Å²) in [6.45, 7) is 5.70. The Morgan fingerprint density at radius 2 is 1.76 bits per heavy atom. The Bertz CT molecular complexity index is 1020. The van der Waals surface area contributed by atoms with E-state index >= 15 is 0 Å². The third-order valence-electron chi connectivity index (χ3n) is 5.08. The first-order chi connectivity index (χ1) is 13.9. The van der Waals surface area contributed by atoms with E-state index in [-0.39, 0.29) is 11.8 Å². The highest BCUT2D eigenvalue weighted by Crippen LogP contribution is 2.22. The smallest absolute Gasteiger partial charge is 0.255 e. The van der Waals surface area contributed by atoms with Crippen LogP contribution >= 0.6 is 0 Å². The van der Waals surface area contributed by atoms with Gasteiger partial charge >= 0.3 is 0 Å². The van der Waals surface area contributed by atoms with Crippen molar-refractivity contribution in [2.75, 3.05) is 37.4 Å². The maximum Gasteiger partial charge on any atom is 0.255 e. The lowest BCUT2D eigenvalue weighted by Gasteiger charge is -2.19. The van der Waals surface area contributed by atoms with Crippen molar-refractivity contribution in [3.05, 3.63) is 60.3 Å². The minimum absolute atomic E-state index is 0.102. The molecule has 0 atom stereocenters. The van der Waals surface area contributed by atoms with E-state index in [2.05, 4.69) is 5.32 Å². The van der Waals surface area contributed by atoms with Crippen LogP contribution in [0.5, 0.6) is 0 Å². The van der Waals surface area contributed by atoms with Crippen molar-refractivity contribution in [1.82, 2.24) is 9.47 Å². The number of hydrogen-bond acceptors (Lipinski definition) is 3. The summed E-state index contributed by atoms with van der Waals surface area (Å²) in [5.41, 5.74) is 3.28. The number of benzene rings is 2. The van der Waals surface area contributed by atoms with Crippen LogP contribution in [0.1, 0.15) is 24.2 Å². The summed E-state index contributed by atoms with van der Waals surface area (Å²) in [5.74, 6) is -0.0464. The molecule has 2 aromatic carbocycles. The summed E-state index contributed by atoms with van der Waals surface area (Å²) in [7, 11) is 3.89. The molecule has 0 saturated heterocycles. The number of fused-ring (bicyclic) bond motifs is 1. The van der Waals surface area contributed by atoms with Crippen molar-refractivity contribution in [1.29, 1.82) is 0 Å². The van der Waals surface area contributed by atoms with E-state index in [9.17, 15) is 9.59 Å². The first-order valence-electron chi connectivity index (χ1n) is 9.88. The Labute approximate surface area is 171 Å². The van der Waals surface area contributed by atoms with Gasteiger partial charge in [-0.25, -0.2) is 0 Å². The van der Waals surface area contributed by atoms with Crippen LogP contribution in [0.2, 0.25) is 0 Å². The Morgan fingerprint density at radius 3 is 2.45 bits per heavy atom. The highest BCUT2D eigenvalue weighted by atomic mass is 16.2. The van der Waals surface area contributed by atoms with Gasteiger partial charge < -0.3 is 19.7 Å². The van der Waals surface area contributed by atoms with Gasteiger partial charge in [0.1, 0.15) is 6.54 Å². The number of aromatic nitrogens is 1. The molecule has 0 aliphatic carbocycles. The van der Waals surface area contributed by atoms with Crippen molar-refractivity contribution in [3.8, 4) is 0 Å². The lowest BCUT2D eigenvalue weighted by atomic mass is 10.1. The van der Waals surface area contributed by atoms with Gasteiger partial charge in [-0.15, -0.1) is 0 Å². The number of hydrogen-bond donors (Lipinski definition) is 1. The molecule has 0 aliphatic rings. The van der Waals surface area contributed by atoms with Gasteiger partial charge in [-0.3, -0.25) is 9.59 Å². The Hall–Kier alpha value is -3.28. The molecule has 29 heavy (non-hydrogen) atoms. The van der Waals surface area contributed by atoms with Crippen LogP contribution in [0.25, 0.3) is 10.9 Å². The quantitative estimate of drug-likeness (QED) is 0.665. The van der Waals surface area contributed by atoms with E-state index < -0.39 is 0 Å². The fourth-order valence-electron chi connectivity index (χ4n) is 3.37. The maximum absolute atomic E-state index is 12.6. The molecule has 2 amide bonds. The molecule has 0 unspecified atom stereocenters. The number of rotatable bonds is 7. The topological polar surface area (TPSA) is 57.6 Å². The predicted octanol–water partition coefficient (Wildman–Crippen LogP) is 3.83. The molecular formula is C23H28N4O2. The summed E-state index contributed by atoms with van der Waals surface area (Å²) in [5, 5.41) is 3.94. The van der Waals surface area contributed by atoms with Gasteiger partial charge in [0, 0.05) is 61.2 Å². The van der Waals surface area contributed by atoms with Gasteiger partial charge in [-0.2, -0.15) is 0 Å². The first-order valence-corrected chi connectivity index (χ1v) is 9.88. The summed E-state index contributed by atoms with van der Waals surface area (Å²) < 4.78 is 1.95. The SMILES string of the molecule is CCN(CC)C(=O)Cn1ccc2cc(NC(=O)c3cccc(N(C)C)c3)ccc21. The average molecular weight is 393 g/mol. The molecule has 0 aliphatic heterocycles. The van der Waals surface area contributed by atoms with Crippen LogP contribution < -0.4 is 10.2 Å². The number of nitrogens with one attached hydrogen (secondary N) is 1. The molecule has 0 fully saturated rings. The lowest BCUT2D eigenvalue weighted by Crippen LogP contribution is -2.33. The molecule has 1 N–H and O–H groups in total. The van der Waals surface area contributed by atoms with Crippen molar-refractivity contribution in [2.24, 2.45) is 0 Å². The molecular weight excluding hydrogens is 364 g/mol. The number of anilines is 2. The molecule has 3 rings (SSSR count). The second-order valence-electron chi connectivity index (χ2n) is 7.18. The Morgan fingerprint density at radius 1 is 1.00 bits per heavy atom. The summed E-state index contributed by atoms with van der Waals surface area (Å²) in [6.07, 6.45) is 1.91. The van der Waals surface area contributed by atoms with Crippen LogP contribution in [0.15, 0.2) is 54.7 Å². The van der Waals surface area contributed by atoms with Gasteiger partial charge in [0.2, 0.25) is 5.91 Å². The molecule has 6 heteroatoms. The zero-order valence-electron chi connectivity index (χ0n) is 17.5. The van der Waals surface area contributed by atoms with E-state index in [0.29, 0.717) is 25.2 Å². The monoisotopic (exact) mass is 392 g/mol. The highest BCUT2D eigenvalue weighted by Gasteiger charge is 2.13. The van der Waals surface area contributed by atoms with Crippen molar-refractivity contribution in [3.63, 3.8) is 0 Å². The van der Waals surface area contributed by atoms with Crippen molar-refractivity contribution >= 4 is 34.1 Å². The number of carbonyl (C=O) groups excluding carboxylic acids is 2. The molecule has 1 heterocycles. The van der Waals surface area contributed by atoms with Gasteiger partial charge in [-0.05, 0) is 56.3 Å². The number of amides is 2. The fraction of sp³-hybridized carbons (Fsp3) is 0.304. The Balaban J connectivity index is 1.76. The summed E-state index contributed by atoms with van der Waals surface area (Å²) in [6, 6.07) is 15.2. The van der Waals surface area contributed by atoms with Gasteiger partial charge in [0.15, 0.2) is 0 Å². The summed E-state index contributed by atoms with van der Waals surface area (Å²) in [4.78, 5) is 28.8. The molecule has 0 bridgehead atoms. The fourth-order valence-corrected chi connectivity index (χ4v) is 3.37. The number of nitrogens with zero attached hydrogens (tertiary/aromatic N) is 3. The second kappa shape index (κ2) is 8.82. The molecule has 1 aromatic heterocycles. The largest absolute Gasteiger partial charge is 0.378 e. The predicted molar refractivity (Wildman–Crippen MR) is 119 cm³/mol. The minimum atomic E-state index is -0.149. The molecule has 152 valence electrons. The standard InChI is InChI=1S/C23H28N4O2/c1-5-26(6-2)22(28)16-27-13-12-17-14-19(10-11-21(17)27)24-23(29)18-8-7-9-20(15-18)25(3)4/h7-15H,5-6,16H2,1-4H3,(H,24,29). The van der Waals surface area contributed by atoms with E-state index in [1.165, 1.54) is 0 Å². The van der Waals surface area contributed by atoms with E-state index in [1.807, 2.05) is 91.0 Å².